The van der Waals surface area contributed by atoms with Crippen LogP contribution in [0, 0.1) is 0 Å². The maximum Gasteiger partial charge on any atom is 0.409 e. The summed E-state index contributed by atoms with van der Waals surface area (Å²) in [4.78, 5) is 17.2. The lowest BCUT2D eigenvalue weighted by Gasteiger charge is -2.00. The summed E-state index contributed by atoms with van der Waals surface area (Å²) in [6.07, 6.45) is -0.0472. The fourth-order valence-corrected chi connectivity index (χ4v) is 0.893. The Hall–Kier alpha value is -1.07. The van der Waals surface area contributed by atoms with E-state index in [2.05, 4.69) is 9.97 Å². The Bertz CT molecular complexity index is 318. The van der Waals surface area contributed by atoms with Crippen LogP contribution in [0.5, 0.6) is 0 Å². The average Bonchev–Trinajstić information content (AvgIpc) is 1.94. The second kappa shape index (κ2) is 3.55. The van der Waals surface area contributed by atoms with Gasteiger partial charge in [-0.25, -0.2) is 14.8 Å². The number of nitrogens with one attached hydrogen (secondary N) is 1. The first-order valence-electron chi connectivity index (χ1n) is 2.77. The van der Waals surface area contributed by atoms with Crippen LogP contribution in [0.15, 0.2) is 6.20 Å². The first kappa shape index (κ1) is 9.02. The van der Waals surface area contributed by atoms with Gasteiger partial charge in [0.1, 0.15) is 5.69 Å². The summed E-state index contributed by atoms with van der Waals surface area (Å²) in [7, 11) is 0. The number of anilines is 1. The number of aromatic nitrogens is 2. The molecule has 0 aromatic carbocycles. The van der Waals surface area contributed by atoms with Crippen molar-refractivity contribution in [1.29, 1.82) is 0 Å². The molecule has 0 aliphatic carbocycles. The molecule has 0 unspecified atom stereocenters. The number of rotatable bonds is 1. The van der Waals surface area contributed by atoms with Gasteiger partial charge in [0.25, 0.3) is 0 Å². The smallest absolute Gasteiger partial charge is 0.409 e. The molecule has 0 radical (unpaired) electrons. The summed E-state index contributed by atoms with van der Waals surface area (Å²) in [6, 6.07) is 0. The van der Waals surface area contributed by atoms with E-state index in [0.29, 0.717) is 0 Å². The van der Waals surface area contributed by atoms with Gasteiger partial charge in [-0.2, -0.15) is 0 Å². The second-order valence-electron chi connectivity index (χ2n) is 1.77. The summed E-state index contributed by atoms with van der Waals surface area (Å²) >= 11 is 10.9. The Morgan fingerprint density at radius 1 is 1.58 bits per heavy atom. The number of hydrogen-bond acceptors (Lipinski definition) is 3. The van der Waals surface area contributed by atoms with Crippen molar-refractivity contribution in [2.45, 2.75) is 0 Å². The molecular formula is C5H3Cl2N3O2. The molecule has 5 nitrogen and oxygen atoms in total. The predicted octanol–water partition coefficient (Wildman–Crippen LogP) is 1.87. The minimum Gasteiger partial charge on any atom is -0.465 e. The Morgan fingerprint density at radius 3 is 2.75 bits per heavy atom. The first-order chi connectivity index (χ1) is 5.59. The first-order valence-corrected chi connectivity index (χ1v) is 3.53. The second-order valence-corrected chi connectivity index (χ2v) is 2.47. The van der Waals surface area contributed by atoms with Crippen LogP contribution in [-0.4, -0.2) is 21.2 Å². The third kappa shape index (κ3) is 2.21. The molecular weight excluding hydrogens is 205 g/mol. The van der Waals surface area contributed by atoms with Crippen molar-refractivity contribution in [2.75, 3.05) is 5.32 Å². The third-order valence-electron chi connectivity index (χ3n) is 0.954. The summed E-state index contributed by atoms with van der Waals surface area (Å²) in [5.74, 6) is 0. The van der Waals surface area contributed by atoms with Crippen LogP contribution >= 0.6 is 23.2 Å². The van der Waals surface area contributed by atoms with Crippen molar-refractivity contribution in [2.24, 2.45) is 0 Å². The molecule has 0 bridgehead atoms. The lowest BCUT2D eigenvalue weighted by molar-refractivity contribution is 0.209. The zero-order chi connectivity index (χ0) is 9.14. The zero-order valence-electron chi connectivity index (χ0n) is 5.58. The van der Waals surface area contributed by atoms with E-state index in [0.717, 1.165) is 0 Å². The van der Waals surface area contributed by atoms with Crippen LogP contribution in [0.25, 0.3) is 0 Å². The van der Waals surface area contributed by atoms with Gasteiger partial charge in [0, 0.05) is 0 Å². The van der Waals surface area contributed by atoms with Crippen LogP contribution in [-0.2, 0) is 0 Å². The van der Waals surface area contributed by atoms with Crippen LogP contribution < -0.4 is 5.32 Å². The Morgan fingerprint density at radius 2 is 2.25 bits per heavy atom. The van der Waals surface area contributed by atoms with E-state index in [9.17, 15) is 4.79 Å². The van der Waals surface area contributed by atoms with Crippen molar-refractivity contribution >= 4 is 35.0 Å². The molecule has 1 amide bonds. The third-order valence-corrected chi connectivity index (χ3v) is 1.42. The molecule has 1 heterocycles. The molecule has 64 valence electrons. The van der Waals surface area contributed by atoms with Gasteiger partial charge >= 0.3 is 6.09 Å². The summed E-state index contributed by atoms with van der Waals surface area (Å²) in [5, 5.41) is 10.2. The fraction of sp³-hybridized carbons (Fsp3) is 0. The molecule has 0 saturated heterocycles. The number of hydrogen-bond donors (Lipinski definition) is 2. The molecule has 0 fully saturated rings. The Balaban J connectivity index is 2.93. The van der Waals surface area contributed by atoms with Gasteiger partial charge in [-0.15, -0.1) is 0 Å². The number of halogens is 2. The van der Waals surface area contributed by atoms with Gasteiger partial charge in [-0.1, -0.05) is 11.6 Å². The van der Waals surface area contributed by atoms with Crippen molar-refractivity contribution in [3.63, 3.8) is 0 Å². The molecule has 0 atom stereocenters. The Kier molecular flexibility index (Phi) is 2.67. The van der Waals surface area contributed by atoms with E-state index in [-0.39, 0.29) is 16.1 Å². The van der Waals surface area contributed by atoms with E-state index < -0.39 is 6.09 Å². The van der Waals surface area contributed by atoms with Gasteiger partial charge in [-0.3, -0.25) is 5.32 Å². The quantitative estimate of drug-likeness (QED) is 0.545. The van der Waals surface area contributed by atoms with Gasteiger partial charge in [0.05, 0.1) is 6.20 Å². The van der Waals surface area contributed by atoms with Gasteiger partial charge in [0.15, 0.2) is 5.15 Å². The molecule has 0 aliphatic rings. The van der Waals surface area contributed by atoms with Crippen LogP contribution in [0.1, 0.15) is 0 Å². The highest BCUT2D eigenvalue weighted by Gasteiger charge is 2.05. The summed E-state index contributed by atoms with van der Waals surface area (Å²) in [5.41, 5.74) is 0.105. The number of nitrogens with zero attached hydrogens (tertiary/aromatic N) is 2. The van der Waals surface area contributed by atoms with Gasteiger partial charge in [0.2, 0.25) is 5.28 Å². The van der Waals surface area contributed by atoms with E-state index in [1.54, 1.807) is 0 Å². The molecule has 0 saturated carbocycles. The van der Waals surface area contributed by atoms with E-state index in [4.69, 9.17) is 28.3 Å². The maximum atomic E-state index is 10.1. The average molecular weight is 208 g/mol. The monoisotopic (exact) mass is 207 g/mol. The van der Waals surface area contributed by atoms with E-state index in [1.807, 2.05) is 5.32 Å². The molecule has 1 rings (SSSR count). The molecule has 12 heavy (non-hydrogen) atoms. The number of amides is 1. The van der Waals surface area contributed by atoms with Crippen molar-refractivity contribution in [1.82, 2.24) is 9.97 Å². The standard InChI is InChI=1S/C5H3Cl2N3O2/c6-3-2(9-5(11)12)1-8-4(7)10-3/h1,9H,(H,11,12). The largest absolute Gasteiger partial charge is 0.465 e. The van der Waals surface area contributed by atoms with Crippen LogP contribution in [0.3, 0.4) is 0 Å². The minimum absolute atomic E-state index is 0.0302. The zero-order valence-corrected chi connectivity index (χ0v) is 7.10. The summed E-state index contributed by atoms with van der Waals surface area (Å²) in [6.45, 7) is 0. The van der Waals surface area contributed by atoms with Crippen LogP contribution in [0.4, 0.5) is 10.5 Å². The molecule has 2 N–H and O–H groups in total. The topological polar surface area (TPSA) is 75.1 Å². The molecule has 0 spiro atoms. The molecule has 7 heteroatoms. The van der Waals surface area contributed by atoms with Crippen molar-refractivity contribution < 1.29 is 9.90 Å². The molecule has 1 aromatic rings. The van der Waals surface area contributed by atoms with Crippen LogP contribution in [0.2, 0.25) is 10.4 Å². The normalized spacial score (nSPS) is 9.50. The number of carbonyl (C=O) groups is 1. The molecule has 1 aromatic heterocycles. The van der Waals surface area contributed by atoms with Crippen molar-refractivity contribution in [3.05, 3.63) is 16.6 Å². The maximum absolute atomic E-state index is 10.1. The predicted molar refractivity (Wildman–Crippen MR) is 43.7 cm³/mol. The fourth-order valence-electron chi connectivity index (χ4n) is 0.540. The lowest BCUT2D eigenvalue weighted by Crippen LogP contribution is -2.08. The van der Waals surface area contributed by atoms with E-state index >= 15 is 0 Å². The highest BCUT2D eigenvalue weighted by molar-refractivity contribution is 6.33. The van der Waals surface area contributed by atoms with E-state index in [1.165, 1.54) is 6.20 Å². The van der Waals surface area contributed by atoms with Gasteiger partial charge in [-0.05, 0) is 11.6 Å². The van der Waals surface area contributed by atoms with Crippen molar-refractivity contribution in [3.8, 4) is 0 Å². The SMILES string of the molecule is O=C(O)Nc1cnc(Cl)nc1Cl. The minimum atomic E-state index is -1.23. The lowest BCUT2D eigenvalue weighted by atomic mass is 10.5. The number of carboxylic acid groups (broad SMARTS) is 1. The summed E-state index contributed by atoms with van der Waals surface area (Å²) < 4.78 is 0. The molecule has 0 aliphatic heterocycles. The highest BCUT2D eigenvalue weighted by atomic mass is 35.5. The highest BCUT2D eigenvalue weighted by Crippen LogP contribution is 2.18. The van der Waals surface area contributed by atoms with Gasteiger partial charge < -0.3 is 5.11 Å². The Labute approximate surface area is 77.3 Å².